The first-order valence-electron chi connectivity index (χ1n) is 7.36. The largest absolute Gasteiger partial charge is 0.550 e. The van der Waals surface area contributed by atoms with Crippen molar-refractivity contribution < 1.29 is 14.7 Å². The predicted octanol–water partition coefficient (Wildman–Crippen LogP) is 0.564. The lowest BCUT2D eigenvalue weighted by atomic mass is 10.1. The summed E-state index contributed by atoms with van der Waals surface area (Å²) < 4.78 is 0. The van der Waals surface area contributed by atoms with E-state index in [4.69, 9.17) is 0 Å². The Kier molecular flexibility index (Phi) is 5.20. The number of carboxylic acids is 1. The lowest BCUT2D eigenvalue weighted by Gasteiger charge is -2.37. The van der Waals surface area contributed by atoms with E-state index in [9.17, 15) is 14.7 Å². The molecule has 0 atom stereocenters. The van der Waals surface area contributed by atoms with Gasteiger partial charge >= 0.3 is 0 Å². The summed E-state index contributed by atoms with van der Waals surface area (Å²) in [6, 6.07) is 8.25. The quantitative estimate of drug-likeness (QED) is 0.795. The van der Waals surface area contributed by atoms with Gasteiger partial charge < -0.3 is 19.7 Å². The average molecular weight is 289 g/mol. The fraction of sp³-hybridized carbons (Fsp3) is 0.500. The number of para-hydroxylation sites is 1. The van der Waals surface area contributed by atoms with Crippen LogP contribution in [0.1, 0.15) is 24.8 Å². The first-order valence-corrected chi connectivity index (χ1v) is 7.36. The van der Waals surface area contributed by atoms with Gasteiger partial charge in [0.15, 0.2) is 0 Å². The second-order valence-corrected chi connectivity index (χ2v) is 5.38. The third-order valence-corrected chi connectivity index (χ3v) is 3.86. The molecule has 1 heterocycles. The number of hydrogen-bond donors (Lipinski definition) is 0. The number of carbonyl (C=O) groups excluding carboxylic acids is 2. The van der Waals surface area contributed by atoms with Gasteiger partial charge in [-0.3, -0.25) is 4.79 Å². The number of aryl methyl sites for hydroxylation is 1. The van der Waals surface area contributed by atoms with E-state index in [1.165, 1.54) is 11.3 Å². The standard InChI is InChI=1S/C16H22N2O3/c1-13-5-2-3-6-14(13)17-9-11-18(12-10-17)15(19)7-4-8-16(20)21/h2-3,5-6H,4,7-12H2,1H3,(H,20,21)/p-1. The van der Waals surface area contributed by atoms with Gasteiger partial charge in [-0.1, -0.05) is 18.2 Å². The molecule has 1 amide bonds. The van der Waals surface area contributed by atoms with Crippen molar-refractivity contribution in [2.45, 2.75) is 26.2 Å². The summed E-state index contributed by atoms with van der Waals surface area (Å²) in [6.07, 6.45) is 0.604. The van der Waals surface area contributed by atoms with E-state index in [0.29, 0.717) is 25.9 Å². The summed E-state index contributed by atoms with van der Waals surface area (Å²) in [5, 5.41) is 10.3. The molecule has 1 aliphatic rings. The van der Waals surface area contributed by atoms with Crippen LogP contribution in [-0.2, 0) is 9.59 Å². The molecule has 21 heavy (non-hydrogen) atoms. The van der Waals surface area contributed by atoms with Gasteiger partial charge in [-0.2, -0.15) is 0 Å². The number of rotatable bonds is 5. The van der Waals surface area contributed by atoms with E-state index in [1.54, 1.807) is 0 Å². The van der Waals surface area contributed by atoms with Gasteiger partial charge in [0.05, 0.1) is 0 Å². The van der Waals surface area contributed by atoms with Crippen LogP contribution in [0.2, 0.25) is 0 Å². The summed E-state index contributed by atoms with van der Waals surface area (Å²) >= 11 is 0. The average Bonchev–Trinajstić information content (AvgIpc) is 2.47. The SMILES string of the molecule is Cc1ccccc1N1CCN(C(=O)CCCC(=O)[O-])CC1. The number of anilines is 1. The number of nitrogens with zero attached hydrogens (tertiary/aromatic N) is 2. The minimum absolute atomic E-state index is 0.0423. The van der Waals surface area contributed by atoms with E-state index in [-0.39, 0.29) is 12.3 Å². The summed E-state index contributed by atoms with van der Waals surface area (Å²) in [7, 11) is 0. The minimum atomic E-state index is -1.09. The highest BCUT2D eigenvalue weighted by Gasteiger charge is 2.21. The van der Waals surface area contributed by atoms with Gasteiger partial charge in [0, 0.05) is 44.3 Å². The number of aliphatic carboxylic acids is 1. The maximum atomic E-state index is 12.0. The third-order valence-electron chi connectivity index (χ3n) is 3.86. The summed E-state index contributed by atoms with van der Waals surface area (Å²) in [5.41, 5.74) is 2.47. The van der Waals surface area contributed by atoms with Crippen LogP contribution in [-0.4, -0.2) is 43.0 Å². The molecule has 0 aliphatic carbocycles. The molecular formula is C16H21N2O3-. The summed E-state index contributed by atoms with van der Waals surface area (Å²) in [4.78, 5) is 26.4. The van der Waals surface area contributed by atoms with Crippen molar-refractivity contribution in [2.24, 2.45) is 0 Å². The minimum Gasteiger partial charge on any atom is -0.550 e. The summed E-state index contributed by atoms with van der Waals surface area (Å²) in [6.45, 7) is 5.11. The predicted molar refractivity (Wildman–Crippen MR) is 78.8 cm³/mol. The van der Waals surface area contributed by atoms with Crippen LogP contribution in [0.3, 0.4) is 0 Å². The molecule has 1 aliphatic heterocycles. The Labute approximate surface area is 125 Å². The molecule has 0 radical (unpaired) electrons. The van der Waals surface area contributed by atoms with E-state index < -0.39 is 5.97 Å². The Balaban J connectivity index is 1.82. The van der Waals surface area contributed by atoms with Gasteiger partial charge in [-0.25, -0.2) is 0 Å². The maximum absolute atomic E-state index is 12.0. The number of carboxylic acid groups (broad SMARTS) is 1. The highest BCUT2D eigenvalue weighted by molar-refractivity contribution is 5.77. The van der Waals surface area contributed by atoms with Crippen LogP contribution in [0, 0.1) is 6.92 Å². The molecule has 0 unspecified atom stereocenters. The third kappa shape index (κ3) is 4.21. The molecule has 114 valence electrons. The molecule has 5 heteroatoms. The zero-order chi connectivity index (χ0) is 15.2. The topological polar surface area (TPSA) is 63.7 Å². The molecule has 0 spiro atoms. The van der Waals surface area contributed by atoms with Crippen molar-refractivity contribution >= 4 is 17.6 Å². The van der Waals surface area contributed by atoms with E-state index in [0.717, 1.165) is 13.1 Å². The van der Waals surface area contributed by atoms with Crippen LogP contribution in [0.5, 0.6) is 0 Å². The fourth-order valence-corrected chi connectivity index (χ4v) is 2.66. The molecule has 5 nitrogen and oxygen atoms in total. The van der Waals surface area contributed by atoms with Crippen molar-refractivity contribution in [3.8, 4) is 0 Å². The molecule has 1 fully saturated rings. The highest BCUT2D eigenvalue weighted by Crippen LogP contribution is 2.21. The van der Waals surface area contributed by atoms with Crippen LogP contribution >= 0.6 is 0 Å². The molecule has 0 N–H and O–H groups in total. The number of amides is 1. The Morgan fingerprint density at radius 3 is 2.38 bits per heavy atom. The maximum Gasteiger partial charge on any atom is 0.222 e. The van der Waals surface area contributed by atoms with Crippen molar-refractivity contribution in [1.29, 1.82) is 0 Å². The number of hydrogen-bond acceptors (Lipinski definition) is 4. The van der Waals surface area contributed by atoms with Crippen LogP contribution < -0.4 is 10.0 Å². The molecule has 1 aromatic carbocycles. The van der Waals surface area contributed by atoms with Crippen LogP contribution in [0.15, 0.2) is 24.3 Å². The Bertz CT molecular complexity index is 508. The molecule has 2 rings (SSSR count). The normalized spacial score (nSPS) is 15.1. The van der Waals surface area contributed by atoms with Crippen molar-refractivity contribution in [2.75, 3.05) is 31.1 Å². The Hall–Kier alpha value is -2.04. The van der Waals surface area contributed by atoms with Gasteiger partial charge in [0.1, 0.15) is 0 Å². The van der Waals surface area contributed by atoms with E-state index in [2.05, 4.69) is 24.0 Å². The molecular weight excluding hydrogens is 268 g/mol. The zero-order valence-electron chi connectivity index (χ0n) is 12.4. The van der Waals surface area contributed by atoms with E-state index >= 15 is 0 Å². The number of piperazine rings is 1. The lowest BCUT2D eigenvalue weighted by molar-refractivity contribution is -0.305. The van der Waals surface area contributed by atoms with Gasteiger partial charge in [0.2, 0.25) is 5.91 Å². The smallest absolute Gasteiger partial charge is 0.222 e. The first kappa shape index (κ1) is 15.4. The molecule has 0 bridgehead atoms. The summed E-state index contributed by atoms with van der Waals surface area (Å²) in [5.74, 6) is -1.05. The number of benzene rings is 1. The zero-order valence-corrected chi connectivity index (χ0v) is 12.4. The molecule has 1 aromatic rings. The van der Waals surface area contributed by atoms with Gasteiger partial charge in [0.25, 0.3) is 0 Å². The van der Waals surface area contributed by atoms with Gasteiger partial charge in [-0.05, 0) is 31.4 Å². The second kappa shape index (κ2) is 7.11. The van der Waals surface area contributed by atoms with Crippen molar-refractivity contribution in [3.63, 3.8) is 0 Å². The first-order chi connectivity index (χ1) is 10.1. The lowest BCUT2D eigenvalue weighted by Crippen LogP contribution is -2.49. The highest BCUT2D eigenvalue weighted by atomic mass is 16.4. The van der Waals surface area contributed by atoms with Crippen LogP contribution in [0.25, 0.3) is 0 Å². The fourth-order valence-electron chi connectivity index (χ4n) is 2.66. The van der Waals surface area contributed by atoms with Crippen molar-refractivity contribution in [1.82, 2.24) is 4.90 Å². The monoisotopic (exact) mass is 289 g/mol. The van der Waals surface area contributed by atoms with E-state index in [1.807, 2.05) is 17.0 Å². The van der Waals surface area contributed by atoms with Gasteiger partial charge in [-0.15, -0.1) is 0 Å². The Morgan fingerprint density at radius 1 is 1.10 bits per heavy atom. The van der Waals surface area contributed by atoms with Crippen LogP contribution in [0.4, 0.5) is 5.69 Å². The molecule has 0 aromatic heterocycles. The Morgan fingerprint density at radius 2 is 1.76 bits per heavy atom. The number of carbonyl (C=O) groups is 2. The second-order valence-electron chi connectivity index (χ2n) is 5.38. The van der Waals surface area contributed by atoms with Crippen molar-refractivity contribution in [3.05, 3.63) is 29.8 Å². The molecule has 0 saturated carbocycles. The molecule has 1 saturated heterocycles.